The van der Waals surface area contributed by atoms with E-state index in [2.05, 4.69) is 0 Å². The number of rotatable bonds is 2. The quantitative estimate of drug-likeness (QED) is 0.686. The molecule has 6 heteroatoms. The van der Waals surface area contributed by atoms with Gasteiger partial charge in [0.25, 0.3) is 0 Å². The SMILES string of the molecule is O=CS(=O)(=O)c1ccc2c(c1)OCCO2. The molecule has 0 saturated heterocycles. The zero-order valence-electron chi connectivity index (χ0n) is 7.67. The van der Waals surface area contributed by atoms with E-state index in [1.165, 1.54) is 18.2 Å². The van der Waals surface area contributed by atoms with E-state index in [0.29, 0.717) is 24.7 Å². The highest BCUT2D eigenvalue weighted by Gasteiger charge is 2.18. The Morgan fingerprint density at radius 1 is 1.13 bits per heavy atom. The number of hydrogen-bond donors (Lipinski definition) is 0. The number of carbonyl (C=O) groups excluding carboxylic acids is 1. The van der Waals surface area contributed by atoms with Crippen molar-refractivity contribution in [3.8, 4) is 11.5 Å². The van der Waals surface area contributed by atoms with Crippen LogP contribution in [0.25, 0.3) is 0 Å². The van der Waals surface area contributed by atoms with E-state index in [1.807, 2.05) is 0 Å². The molecule has 1 aliphatic rings. The van der Waals surface area contributed by atoms with Crippen LogP contribution >= 0.6 is 0 Å². The first kappa shape index (κ1) is 9.97. The van der Waals surface area contributed by atoms with Crippen LogP contribution in [-0.4, -0.2) is 27.2 Å². The Morgan fingerprint density at radius 2 is 1.80 bits per heavy atom. The molecule has 1 aromatic rings. The van der Waals surface area contributed by atoms with Crippen LogP contribution in [0.5, 0.6) is 11.5 Å². The van der Waals surface area contributed by atoms with Crippen molar-refractivity contribution in [3.05, 3.63) is 18.2 Å². The monoisotopic (exact) mass is 228 g/mol. The molecule has 0 radical (unpaired) electrons. The van der Waals surface area contributed by atoms with Gasteiger partial charge in [-0.2, -0.15) is 0 Å². The highest BCUT2D eigenvalue weighted by atomic mass is 32.2. The molecule has 0 saturated carbocycles. The molecule has 0 atom stereocenters. The lowest BCUT2D eigenvalue weighted by Crippen LogP contribution is -2.15. The van der Waals surface area contributed by atoms with Gasteiger partial charge in [-0.3, -0.25) is 4.79 Å². The van der Waals surface area contributed by atoms with Crippen LogP contribution in [0.2, 0.25) is 0 Å². The molecule has 0 aromatic heterocycles. The number of benzene rings is 1. The van der Waals surface area contributed by atoms with E-state index < -0.39 is 9.84 Å². The summed E-state index contributed by atoms with van der Waals surface area (Å²) in [5.74, 6) is 0.843. The number of fused-ring (bicyclic) bond motifs is 1. The summed E-state index contributed by atoms with van der Waals surface area (Å²) in [7, 11) is -3.85. The van der Waals surface area contributed by atoms with Crippen LogP contribution < -0.4 is 9.47 Å². The maximum Gasteiger partial charge on any atom is 0.238 e. The lowest BCUT2D eigenvalue weighted by atomic mass is 10.3. The van der Waals surface area contributed by atoms with E-state index >= 15 is 0 Å². The highest BCUT2D eigenvalue weighted by Crippen LogP contribution is 2.32. The van der Waals surface area contributed by atoms with Crippen molar-refractivity contribution < 1.29 is 22.7 Å². The third kappa shape index (κ3) is 1.80. The Morgan fingerprint density at radius 3 is 2.47 bits per heavy atom. The van der Waals surface area contributed by atoms with Gasteiger partial charge in [0, 0.05) is 6.07 Å². The Labute approximate surface area is 86.5 Å². The van der Waals surface area contributed by atoms with Gasteiger partial charge in [-0.25, -0.2) is 8.42 Å². The molecule has 1 aromatic carbocycles. The van der Waals surface area contributed by atoms with Crippen LogP contribution in [0.3, 0.4) is 0 Å². The molecule has 0 spiro atoms. The maximum absolute atomic E-state index is 11.2. The number of ether oxygens (including phenoxy) is 2. The van der Waals surface area contributed by atoms with E-state index in [4.69, 9.17) is 9.47 Å². The van der Waals surface area contributed by atoms with Crippen molar-refractivity contribution in [1.82, 2.24) is 0 Å². The second kappa shape index (κ2) is 3.54. The van der Waals surface area contributed by atoms with Gasteiger partial charge in [-0.1, -0.05) is 0 Å². The summed E-state index contributed by atoms with van der Waals surface area (Å²) < 4.78 is 32.9. The van der Waals surface area contributed by atoms with Gasteiger partial charge in [-0.15, -0.1) is 0 Å². The summed E-state index contributed by atoms with van der Waals surface area (Å²) in [6.07, 6.45) is 0. The van der Waals surface area contributed by atoms with Gasteiger partial charge in [0.2, 0.25) is 15.5 Å². The average molecular weight is 228 g/mol. The fraction of sp³-hybridized carbons (Fsp3) is 0.222. The van der Waals surface area contributed by atoms with E-state index in [9.17, 15) is 13.2 Å². The van der Waals surface area contributed by atoms with E-state index in [-0.39, 0.29) is 10.5 Å². The van der Waals surface area contributed by atoms with Gasteiger partial charge in [0.15, 0.2) is 11.5 Å². The smallest absolute Gasteiger partial charge is 0.238 e. The minimum Gasteiger partial charge on any atom is -0.486 e. The fourth-order valence-electron chi connectivity index (χ4n) is 1.26. The number of hydrogen-bond acceptors (Lipinski definition) is 5. The summed E-state index contributed by atoms with van der Waals surface area (Å²) in [6.45, 7) is 0.810. The molecule has 0 bridgehead atoms. The summed E-state index contributed by atoms with van der Waals surface area (Å²) in [6, 6.07) is 4.08. The summed E-state index contributed by atoms with van der Waals surface area (Å²) in [4.78, 5) is 10.3. The molecule has 2 rings (SSSR count). The van der Waals surface area contributed by atoms with Gasteiger partial charge < -0.3 is 9.47 Å². The summed E-state index contributed by atoms with van der Waals surface area (Å²) >= 11 is 0. The number of carbonyl (C=O) groups is 1. The Balaban J connectivity index is 2.49. The highest BCUT2D eigenvalue weighted by molar-refractivity contribution is 8.04. The third-order valence-electron chi connectivity index (χ3n) is 1.97. The van der Waals surface area contributed by atoms with Crippen molar-refractivity contribution in [1.29, 1.82) is 0 Å². The van der Waals surface area contributed by atoms with E-state index in [1.54, 1.807) is 0 Å². The predicted molar refractivity (Wildman–Crippen MR) is 51.4 cm³/mol. The van der Waals surface area contributed by atoms with E-state index in [0.717, 1.165) is 0 Å². The normalized spacial score (nSPS) is 14.7. The molecular formula is C9H8O5S. The molecule has 0 amide bonds. The molecule has 5 nitrogen and oxygen atoms in total. The zero-order valence-corrected chi connectivity index (χ0v) is 8.49. The molecular weight excluding hydrogens is 220 g/mol. The predicted octanol–water partition coefficient (Wildman–Crippen LogP) is 0.422. The largest absolute Gasteiger partial charge is 0.486 e. The minimum atomic E-state index is -3.85. The van der Waals surface area contributed by atoms with Gasteiger partial charge in [-0.05, 0) is 12.1 Å². The molecule has 1 aliphatic heterocycles. The fourth-order valence-corrected chi connectivity index (χ4v) is 1.90. The van der Waals surface area contributed by atoms with Gasteiger partial charge in [0.05, 0.1) is 4.90 Å². The Bertz CT molecular complexity index is 491. The minimum absolute atomic E-state index is 0.0817. The standard InChI is InChI=1S/C9H8O5S/c10-6-15(11,12)7-1-2-8-9(5-7)14-4-3-13-8/h1-2,5-6H,3-4H2. The second-order valence-corrected chi connectivity index (χ2v) is 4.70. The first-order valence-corrected chi connectivity index (χ1v) is 5.78. The van der Waals surface area contributed by atoms with Crippen LogP contribution in [0.1, 0.15) is 0 Å². The molecule has 15 heavy (non-hydrogen) atoms. The van der Waals surface area contributed by atoms with Crippen LogP contribution in [0.15, 0.2) is 23.1 Å². The first-order valence-electron chi connectivity index (χ1n) is 4.23. The third-order valence-corrected chi connectivity index (χ3v) is 3.13. The molecule has 80 valence electrons. The Hall–Kier alpha value is -1.56. The lowest BCUT2D eigenvalue weighted by Gasteiger charge is -2.18. The van der Waals surface area contributed by atoms with Gasteiger partial charge in [0.1, 0.15) is 13.2 Å². The van der Waals surface area contributed by atoms with Crippen molar-refractivity contribution in [2.24, 2.45) is 0 Å². The van der Waals surface area contributed by atoms with Crippen molar-refractivity contribution in [3.63, 3.8) is 0 Å². The first-order chi connectivity index (χ1) is 7.13. The molecule has 0 N–H and O–H groups in total. The molecule has 0 fully saturated rings. The summed E-state index contributed by atoms with van der Waals surface area (Å²) in [5, 5.41) is 0. The van der Waals surface area contributed by atoms with Crippen molar-refractivity contribution in [2.45, 2.75) is 4.90 Å². The topological polar surface area (TPSA) is 69.7 Å². The molecule has 1 heterocycles. The second-order valence-electron chi connectivity index (χ2n) is 2.95. The average Bonchev–Trinajstić information content (AvgIpc) is 2.28. The number of sulfone groups is 1. The van der Waals surface area contributed by atoms with Crippen molar-refractivity contribution >= 4 is 15.5 Å². The van der Waals surface area contributed by atoms with Crippen LogP contribution in [-0.2, 0) is 14.6 Å². The van der Waals surface area contributed by atoms with Crippen LogP contribution in [0, 0.1) is 0 Å². The van der Waals surface area contributed by atoms with Crippen LogP contribution in [0.4, 0.5) is 0 Å². The maximum atomic E-state index is 11.2. The molecule has 0 aliphatic carbocycles. The summed E-state index contributed by atoms with van der Waals surface area (Å²) in [5.41, 5.74) is -0.0849. The lowest BCUT2D eigenvalue weighted by molar-refractivity contribution is 0.171. The van der Waals surface area contributed by atoms with Gasteiger partial charge >= 0.3 is 0 Å². The van der Waals surface area contributed by atoms with Crippen molar-refractivity contribution in [2.75, 3.05) is 13.2 Å². The molecule has 0 unspecified atom stereocenters. The zero-order chi connectivity index (χ0) is 10.9. The Kier molecular flexibility index (Phi) is 2.36.